The first kappa shape index (κ1) is 18.5. The Morgan fingerprint density at radius 2 is 1.85 bits per heavy atom. The smallest absolute Gasteiger partial charge is 0.256 e. The first-order valence-corrected chi connectivity index (χ1v) is 8.71. The Morgan fingerprint density at radius 1 is 1.11 bits per heavy atom. The van der Waals surface area contributed by atoms with Crippen LogP contribution < -0.4 is 4.74 Å². The number of pyridine rings is 1. The molecule has 0 saturated heterocycles. The van der Waals surface area contributed by atoms with E-state index in [2.05, 4.69) is 15.0 Å². The number of para-hydroxylation sites is 1. The van der Waals surface area contributed by atoms with E-state index in [1.807, 2.05) is 43.3 Å². The molecule has 0 saturated carbocycles. The molecule has 1 aromatic carbocycles. The summed E-state index contributed by atoms with van der Waals surface area (Å²) in [5, 5.41) is 0. The van der Waals surface area contributed by atoms with Crippen molar-refractivity contribution < 1.29 is 9.53 Å². The minimum absolute atomic E-state index is 0.00759. The molecule has 0 aliphatic rings. The molecular weight excluding hydrogens is 340 g/mol. The Kier molecular flexibility index (Phi) is 5.76. The molecule has 0 spiro atoms. The quantitative estimate of drug-likeness (QED) is 0.673. The van der Waals surface area contributed by atoms with Crippen LogP contribution in [0.15, 0.2) is 61.2 Å². The first-order chi connectivity index (χ1) is 13.1. The lowest BCUT2D eigenvalue weighted by atomic mass is 10.0. The van der Waals surface area contributed by atoms with E-state index in [9.17, 15) is 4.79 Å². The van der Waals surface area contributed by atoms with E-state index in [1.54, 1.807) is 43.8 Å². The predicted octanol–water partition coefficient (Wildman–Crippen LogP) is 3.25. The van der Waals surface area contributed by atoms with Crippen LogP contribution in [0.4, 0.5) is 0 Å². The molecule has 1 amide bonds. The molecule has 3 aromatic rings. The number of aromatic nitrogens is 3. The fourth-order valence-electron chi connectivity index (χ4n) is 2.81. The maximum atomic E-state index is 12.8. The highest BCUT2D eigenvalue weighted by Crippen LogP contribution is 2.21. The predicted molar refractivity (Wildman–Crippen MR) is 104 cm³/mol. The van der Waals surface area contributed by atoms with Crippen molar-refractivity contribution >= 4 is 5.91 Å². The minimum Gasteiger partial charge on any atom is -0.496 e. The van der Waals surface area contributed by atoms with Gasteiger partial charge in [-0.15, -0.1) is 0 Å². The van der Waals surface area contributed by atoms with E-state index in [1.165, 1.54) is 0 Å². The lowest BCUT2D eigenvalue weighted by Gasteiger charge is -2.25. The summed E-state index contributed by atoms with van der Waals surface area (Å²) in [5.41, 5.74) is 2.33. The second-order valence-corrected chi connectivity index (χ2v) is 6.32. The van der Waals surface area contributed by atoms with Crippen molar-refractivity contribution in [1.29, 1.82) is 0 Å². The van der Waals surface area contributed by atoms with E-state index < -0.39 is 0 Å². The average molecular weight is 362 g/mol. The summed E-state index contributed by atoms with van der Waals surface area (Å²) in [5.74, 6) is 1.26. The van der Waals surface area contributed by atoms with Crippen LogP contribution in [-0.2, 0) is 6.42 Å². The van der Waals surface area contributed by atoms with E-state index in [0.717, 1.165) is 16.9 Å². The molecule has 0 fully saturated rings. The number of methoxy groups -OCH3 is 1. The highest BCUT2D eigenvalue weighted by atomic mass is 16.5. The molecule has 138 valence electrons. The van der Waals surface area contributed by atoms with Crippen molar-refractivity contribution in [3.63, 3.8) is 0 Å². The van der Waals surface area contributed by atoms with Crippen molar-refractivity contribution in [2.24, 2.45) is 0 Å². The van der Waals surface area contributed by atoms with Gasteiger partial charge in [0.1, 0.15) is 5.75 Å². The molecule has 0 radical (unpaired) electrons. The Bertz CT molecular complexity index is 898. The summed E-state index contributed by atoms with van der Waals surface area (Å²) in [6, 6.07) is 11.5. The molecule has 2 aromatic heterocycles. The number of hydrogen-bond acceptors (Lipinski definition) is 5. The van der Waals surface area contributed by atoms with Gasteiger partial charge in [0.2, 0.25) is 0 Å². The molecule has 0 N–H and O–H groups in total. The molecule has 2 heterocycles. The van der Waals surface area contributed by atoms with E-state index in [4.69, 9.17) is 4.74 Å². The van der Waals surface area contributed by atoms with E-state index >= 15 is 0 Å². The van der Waals surface area contributed by atoms with Crippen LogP contribution in [-0.4, -0.2) is 46.0 Å². The van der Waals surface area contributed by atoms with Gasteiger partial charge in [-0.2, -0.15) is 0 Å². The second-order valence-electron chi connectivity index (χ2n) is 6.32. The molecule has 27 heavy (non-hydrogen) atoms. The summed E-state index contributed by atoms with van der Waals surface area (Å²) in [6.07, 6.45) is 7.20. The second kappa shape index (κ2) is 8.40. The summed E-state index contributed by atoms with van der Waals surface area (Å²) in [7, 11) is 3.44. The van der Waals surface area contributed by atoms with Crippen molar-refractivity contribution in [2.45, 2.75) is 19.4 Å². The van der Waals surface area contributed by atoms with Gasteiger partial charge in [-0.05, 0) is 37.1 Å². The number of nitrogens with zero attached hydrogens (tertiary/aromatic N) is 4. The Labute approximate surface area is 158 Å². The van der Waals surface area contributed by atoms with E-state index in [-0.39, 0.29) is 11.9 Å². The van der Waals surface area contributed by atoms with Crippen LogP contribution in [0.1, 0.15) is 22.8 Å². The third-order valence-corrected chi connectivity index (χ3v) is 4.51. The molecule has 3 rings (SSSR count). The van der Waals surface area contributed by atoms with Gasteiger partial charge in [0.15, 0.2) is 5.82 Å². The largest absolute Gasteiger partial charge is 0.496 e. The van der Waals surface area contributed by atoms with Crippen LogP contribution in [0.5, 0.6) is 5.75 Å². The summed E-state index contributed by atoms with van der Waals surface area (Å²) in [4.78, 5) is 27.2. The Morgan fingerprint density at radius 3 is 2.52 bits per heavy atom. The third-order valence-electron chi connectivity index (χ3n) is 4.51. The van der Waals surface area contributed by atoms with Crippen molar-refractivity contribution in [3.05, 3.63) is 72.3 Å². The number of hydrogen-bond donors (Lipinski definition) is 0. The standard InChI is InChI=1S/C21H22N4O2/c1-15(11-16-7-4-5-9-19(16)27-3)25(2)21(26)18-13-23-20(24-14-18)17-8-6-10-22-12-17/h4-10,12-15H,11H2,1-3H3. The number of likely N-dealkylation sites (N-methyl/N-ethyl adjacent to an activating group) is 1. The van der Waals surface area contributed by atoms with Gasteiger partial charge in [0, 0.05) is 43.4 Å². The number of rotatable bonds is 6. The monoisotopic (exact) mass is 362 g/mol. The van der Waals surface area contributed by atoms with Crippen molar-refractivity contribution in [2.75, 3.05) is 14.2 Å². The molecule has 6 heteroatoms. The number of carbonyl (C=O) groups is 1. The molecule has 1 unspecified atom stereocenters. The SMILES string of the molecule is COc1ccccc1CC(C)N(C)C(=O)c1cnc(-c2cccnc2)nc1. The van der Waals surface area contributed by atoms with Crippen LogP contribution in [0, 0.1) is 0 Å². The van der Waals surface area contributed by atoms with Crippen LogP contribution in [0.2, 0.25) is 0 Å². The van der Waals surface area contributed by atoms with Gasteiger partial charge in [-0.25, -0.2) is 9.97 Å². The van der Waals surface area contributed by atoms with Crippen LogP contribution in [0.3, 0.4) is 0 Å². The summed E-state index contributed by atoms with van der Waals surface area (Å²) < 4.78 is 5.40. The molecular formula is C21H22N4O2. The maximum Gasteiger partial charge on any atom is 0.256 e. The number of carbonyl (C=O) groups excluding carboxylic acids is 1. The minimum atomic E-state index is -0.116. The third kappa shape index (κ3) is 4.28. The fourth-order valence-corrected chi connectivity index (χ4v) is 2.81. The molecule has 0 aliphatic carbocycles. The van der Waals surface area contributed by atoms with Gasteiger partial charge in [0.05, 0.1) is 12.7 Å². The van der Waals surface area contributed by atoms with E-state index in [0.29, 0.717) is 17.8 Å². The Balaban J connectivity index is 1.71. The average Bonchev–Trinajstić information content (AvgIpc) is 2.73. The zero-order valence-electron chi connectivity index (χ0n) is 15.7. The zero-order valence-corrected chi connectivity index (χ0v) is 15.7. The molecule has 1 atom stereocenters. The van der Waals surface area contributed by atoms with Gasteiger partial charge in [-0.1, -0.05) is 18.2 Å². The van der Waals surface area contributed by atoms with Gasteiger partial charge < -0.3 is 9.64 Å². The highest BCUT2D eigenvalue weighted by Gasteiger charge is 2.20. The number of amides is 1. The Hall–Kier alpha value is -3.28. The summed E-state index contributed by atoms with van der Waals surface area (Å²) in [6.45, 7) is 2.01. The molecule has 0 aliphatic heterocycles. The first-order valence-electron chi connectivity index (χ1n) is 8.71. The lowest BCUT2D eigenvalue weighted by molar-refractivity contribution is 0.0742. The van der Waals surface area contributed by atoms with Crippen molar-refractivity contribution in [1.82, 2.24) is 19.9 Å². The van der Waals surface area contributed by atoms with Gasteiger partial charge >= 0.3 is 0 Å². The number of ether oxygens (including phenoxy) is 1. The molecule has 0 bridgehead atoms. The normalized spacial score (nSPS) is 11.7. The van der Waals surface area contributed by atoms with Gasteiger partial charge in [-0.3, -0.25) is 9.78 Å². The highest BCUT2D eigenvalue weighted by molar-refractivity contribution is 5.93. The lowest BCUT2D eigenvalue weighted by Crippen LogP contribution is -2.36. The van der Waals surface area contributed by atoms with Gasteiger partial charge in [0.25, 0.3) is 5.91 Å². The maximum absolute atomic E-state index is 12.8. The van der Waals surface area contributed by atoms with Crippen LogP contribution >= 0.6 is 0 Å². The summed E-state index contributed by atoms with van der Waals surface area (Å²) >= 11 is 0. The zero-order chi connectivity index (χ0) is 19.2. The molecule has 6 nitrogen and oxygen atoms in total. The number of benzene rings is 1. The van der Waals surface area contributed by atoms with Crippen LogP contribution in [0.25, 0.3) is 11.4 Å². The topological polar surface area (TPSA) is 68.2 Å². The fraction of sp³-hybridized carbons (Fsp3) is 0.238. The van der Waals surface area contributed by atoms with Crippen molar-refractivity contribution in [3.8, 4) is 17.1 Å².